The first-order valence-corrected chi connectivity index (χ1v) is 26.1. The third-order valence-corrected chi connectivity index (χ3v) is 15.5. The number of esters is 1. The molecule has 448 valence electrons. The van der Waals surface area contributed by atoms with E-state index in [1.807, 2.05) is 24.4 Å². The first-order chi connectivity index (χ1) is 38.3. The number of ether oxygens (including phenoxy) is 3. The van der Waals surface area contributed by atoms with E-state index < -0.39 is 126 Å². The standard InChI is InChI=1S/C56H66F10N8O8/c1-31-34(14-17-47(69-31)72-25-37-15-16-38(26-72)74(37)39-29-82-30-39)13-12-32-8-10-33(11-9-32)20-36(23-45(75)49(70-52(79)81-7)54(4,5)56(64,65)66)46(76)28-73(71-50(78)41(24-48(77)80-6)53(2,3)55(61,62)63)27-40-42(57)21-35(22-43(40)58)44(67)18-19-68-51(59)60/h8-11,14,17-19,21-22,36-39,41,46,49,51,76H,15-16,20,23-30,67H2,1-7H3,(H,70,79)(H,71,78)/t36-,37?,38?,41-,46+,49-/m1/s1. The van der Waals surface area contributed by atoms with Crippen LogP contribution in [0.15, 0.2) is 59.6 Å². The molecule has 3 aromatic rings. The third kappa shape index (κ3) is 15.6. The Balaban J connectivity index is 1.33. The van der Waals surface area contributed by atoms with Crippen LogP contribution >= 0.6 is 0 Å². The van der Waals surface area contributed by atoms with Gasteiger partial charge in [-0.25, -0.2) is 28.6 Å². The number of carbonyl (C=O) groups excluding carboxylic acids is 4. The van der Waals surface area contributed by atoms with E-state index in [2.05, 4.69) is 41.5 Å². The Bertz CT molecular complexity index is 2870. The molecule has 6 atom stereocenters. The zero-order valence-corrected chi connectivity index (χ0v) is 46.1. The molecule has 6 rings (SSSR count). The number of hydrogen-bond acceptors (Lipinski definition) is 14. The number of rotatable bonds is 22. The molecule has 3 fully saturated rings. The largest absolute Gasteiger partial charge is 0.469 e. The lowest BCUT2D eigenvalue weighted by Gasteiger charge is -2.48. The SMILES string of the molecule is COC(=O)C[C@H](C(=O)NN(Cc1c(F)cc(C(N)=CC=NC(F)F)cc1F)C[C@H](O)[C@@H](CC(=O)[C@@H](NC(=O)OC)C(C)(C)C(F)(F)F)Cc1ccc(C#Cc2ccc(N3CC4CCC(C3)N4C3COC3)nc2C)cc1)C(C)(C)C(F)(F)F. The maximum atomic E-state index is 16.0. The molecule has 1 aromatic heterocycles. The second-order valence-corrected chi connectivity index (χ2v) is 21.7. The zero-order valence-electron chi connectivity index (χ0n) is 46.1. The van der Waals surface area contributed by atoms with Gasteiger partial charge in [-0.1, -0.05) is 37.8 Å². The number of hydrazine groups is 1. The highest BCUT2D eigenvalue weighted by atomic mass is 19.4. The van der Waals surface area contributed by atoms with Gasteiger partial charge in [0.15, 0.2) is 5.78 Å². The highest BCUT2D eigenvalue weighted by molar-refractivity contribution is 5.89. The number of aromatic nitrogens is 1. The van der Waals surface area contributed by atoms with Gasteiger partial charge in [0.2, 0.25) is 5.91 Å². The van der Waals surface area contributed by atoms with Gasteiger partial charge in [0.05, 0.1) is 68.4 Å². The fourth-order valence-electron chi connectivity index (χ4n) is 10.1. The minimum absolute atomic E-state index is 0.341. The lowest BCUT2D eigenvalue weighted by Crippen LogP contribution is -2.62. The van der Waals surface area contributed by atoms with Gasteiger partial charge < -0.3 is 35.3 Å². The average Bonchev–Trinajstić information content (AvgIpc) is 3.62. The number of methoxy groups -OCH3 is 2. The monoisotopic (exact) mass is 1170 g/mol. The van der Waals surface area contributed by atoms with Gasteiger partial charge in [-0.3, -0.25) is 24.7 Å². The molecule has 2 bridgehead atoms. The number of nitrogens with zero attached hydrogens (tertiary/aromatic N) is 5. The van der Waals surface area contributed by atoms with Crippen molar-refractivity contribution in [1.29, 1.82) is 0 Å². The van der Waals surface area contributed by atoms with Gasteiger partial charge in [0.1, 0.15) is 23.5 Å². The van der Waals surface area contributed by atoms with Crippen LogP contribution in [0.1, 0.15) is 86.9 Å². The number of alkyl halides is 8. The number of nitrogens with one attached hydrogen (secondary N) is 2. The van der Waals surface area contributed by atoms with Crippen molar-refractivity contribution in [3.05, 3.63) is 99.8 Å². The number of allylic oxidation sites excluding steroid dienone is 1. The van der Waals surface area contributed by atoms with Gasteiger partial charge in [-0.05, 0) is 94.0 Å². The molecule has 0 radical (unpaired) electrons. The van der Waals surface area contributed by atoms with Crippen molar-refractivity contribution >= 4 is 41.5 Å². The molecule has 16 nitrogen and oxygen atoms in total. The molecule has 0 spiro atoms. The van der Waals surface area contributed by atoms with Crippen LogP contribution in [0, 0.1) is 53.1 Å². The number of carbonyl (C=O) groups is 4. The Labute approximate surface area is 467 Å². The molecule has 5 N–H and O–H groups in total. The first kappa shape index (κ1) is 64.3. The van der Waals surface area contributed by atoms with Gasteiger partial charge in [0, 0.05) is 78.8 Å². The van der Waals surface area contributed by atoms with Crippen LogP contribution in [0.5, 0.6) is 0 Å². The fraction of sp³-hybridized carbons (Fsp3) is 0.536. The molecular weight excluding hydrogens is 1100 g/mol. The Kier molecular flexibility index (Phi) is 20.9. The Hall–Kier alpha value is -6.82. The number of aliphatic imine (C=N–C) groups is 1. The topological polar surface area (TPSA) is 201 Å². The number of anilines is 1. The normalized spacial score (nSPS) is 18.8. The van der Waals surface area contributed by atoms with E-state index in [1.54, 1.807) is 12.1 Å². The number of halogens is 10. The number of aryl methyl sites for hydroxylation is 1. The quantitative estimate of drug-likeness (QED) is 0.0190. The fourth-order valence-corrected chi connectivity index (χ4v) is 10.1. The number of piperazine rings is 1. The number of aliphatic hydroxyl groups excluding tert-OH is 1. The van der Waals surface area contributed by atoms with E-state index in [1.165, 1.54) is 12.1 Å². The Morgan fingerprint density at radius 2 is 1.50 bits per heavy atom. The van der Waals surface area contributed by atoms with Crippen LogP contribution < -0.4 is 21.4 Å². The number of fused-ring (bicyclic) bond motifs is 2. The molecule has 4 heterocycles. The molecule has 3 aliphatic rings. The number of ketones is 1. The number of nitrogens with two attached hydrogens (primary N) is 1. The van der Waals surface area contributed by atoms with Crippen LogP contribution in [0.4, 0.5) is 54.5 Å². The maximum Gasteiger partial charge on any atom is 0.407 e. The molecule has 2 aromatic carbocycles. The molecule has 0 aliphatic carbocycles. The number of aliphatic hydroxyl groups is 1. The summed E-state index contributed by atoms with van der Waals surface area (Å²) in [6.45, 7) is 2.23. The predicted molar refractivity (Wildman–Crippen MR) is 280 cm³/mol. The number of Topliss-reactive ketones (excluding diaryl/α,β-unsaturated/α-hetero) is 1. The number of pyridine rings is 1. The van der Waals surface area contributed by atoms with Gasteiger partial charge in [-0.2, -0.15) is 35.1 Å². The number of amides is 2. The van der Waals surface area contributed by atoms with Crippen molar-refractivity contribution in [2.24, 2.45) is 33.4 Å². The summed E-state index contributed by atoms with van der Waals surface area (Å²) in [6.07, 6.45) is -12.7. The number of benzene rings is 2. The molecule has 0 saturated carbocycles. The first-order valence-electron chi connectivity index (χ1n) is 26.1. The minimum Gasteiger partial charge on any atom is -0.469 e. The molecule has 3 aliphatic heterocycles. The molecule has 2 unspecified atom stereocenters. The number of hydrogen-bond donors (Lipinski definition) is 4. The van der Waals surface area contributed by atoms with E-state index in [0.29, 0.717) is 91.6 Å². The van der Waals surface area contributed by atoms with Crippen molar-refractivity contribution in [2.45, 2.75) is 122 Å². The predicted octanol–water partition coefficient (Wildman–Crippen LogP) is 7.81. The summed E-state index contributed by atoms with van der Waals surface area (Å²) in [5, 5.41) is 14.7. The van der Waals surface area contributed by atoms with Gasteiger partial charge in [-0.15, -0.1) is 0 Å². The van der Waals surface area contributed by atoms with E-state index in [9.17, 15) is 59.4 Å². The summed E-state index contributed by atoms with van der Waals surface area (Å²) in [5.41, 5.74) is 2.39. The van der Waals surface area contributed by atoms with Gasteiger partial charge in [0.25, 0.3) is 0 Å². The van der Waals surface area contributed by atoms with Crippen molar-refractivity contribution in [2.75, 3.05) is 52.0 Å². The second kappa shape index (κ2) is 26.6. The van der Waals surface area contributed by atoms with Gasteiger partial charge >= 0.3 is 31.0 Å². The summed E-state index contributed by atoms with van der Waals surface area (Å²) in [6, 6.07) is 10.3. The smallest absolute Gasteiger partial charge is 0.407 e. The zero-order chi connectivity index (χ0) is 60.6. The Morgan fingerprint density at radius 1 is 0.890 bits per heavy atom. The van der Waals surface area contributed by atoms with Crippen molar-refractivity contribution in [3.8, 4) is 11.8 Å². The van der Waals surface area contributed by atoms with Crippen molar-refractivity contribution in [1.82, 2.24) is 25.6 Å². The van der Waals surface area contributed by atoms with Crippen LogP contribution in [-0.4, -0.2) is 146 Å². The van der Waals surface area contributed by atoms with E-state index in [0.717, 1.165) is 65.3 Å². The summed E-state index contributed by atoms with van der Waals surface area (Å²) >= 11 is 0. The van der Waals surface area contributed by atoms with Crippen molar-refractivity contribution < 1.29 is 82.4 Å². The lowest BCUT2D eigenvalue weighted by atomic mass is 9.75. The molecule has 2 amide bonds. The van der Waals surface area contributed by atoms with Crippen LogP contribution in [-0.2, 0) is 41.6 Å². The summed E-state index contributed by atoms with van der Waals surface area (Å²) in [7, 11) is 1.69. The highest BCUT2D eigenvalue weighted by Gasteiger charge is 2.57. The van der Waals surface area contributed by atoms with E-state index >= 15 is 8.78 Å². The molecule has 26 heteroatoms. The summed E-state index contributed by atoms with van der Waals surface area (Å²) < 4.78 is 159. The Morgan fingerprint density at radius 3 is 2.02 bits per heavy atom. The van der Waals surface area contributed by atoms with Crippen LogP contribution in [0.25, 0.3) is 5.70 Å². The van der Waals surface area contributed by atoms with Crippen LogP contribution in [0.2, 0.25) is 0 Å². The van der Waals surface area contributed by atoms with E-state index in [-0.39, 0.29) is 12.0 Å². The maximum absolute atomic E-state index is 16.0. The summed E-state index contributed by atoms with van der Waals surface area (Å²) in [4.78, 5) is 65.8. The molecule has 82 heavy (non-hydrogen) atoms. The average molecular weight is 1170 g/mol. The molecular formula is C56H66F10N8O8. The van der Waals surface area contributed by atoms with Crippen molar-refractivity contribution in [3.63, 3.8) is 0 Å². The molecule has 3 saturated heterocycles. The summed E-state index contributed by atoms with van der Waals surface area (Å²) in [5.74, 6) is -3.73. The highest BCUT2D eigenvalue weighted by Crippen LogP contribution is 2.46. The second-order valence-electron chi connectivity index (χ2n) is 21.7. The minimum atomic E-state index is -5.16. The third-order valence-electron chi connectivity index (χ3n) is 15.5. The number of alkyl carbamates (subject to hydrolysis) is 1. The lowest BCUT2D eigenvalue weighted by molar-refractivity contribution is -0.231. The van der Waals surface area contributed by atoms with Crippen LogP contribution in [0.3, 0.4) is 0 Å². The van der Waals surface area contributed by atoms with E-state index in [4.69, 9.17) is 15.5 Å².